The third-order valence-corrected chi connectivity index (χ3v) is 6.99. The first-order valence-corrected chi connectivity index (χ1v) is 11.8. The number of hydrogen-bond acceptors (Lipinski definition) is 4. The van der Waals surface area contributed by atoms with Crippen LogP contribution in [0.1, 0.15) is 34.2 Å². The zero-order chi connectivity index (χ0) is 24.8. The highest BCUT2D eigenvalue weighted by Gasteiger charge is 2.44. The van der Waals surface area contributed by atoms with Gasteiger partial charge in [0.1, 0.15) is 11.5 Å². The number of benzene rings is 4. The van der Waals surface area contributed by atoms with Crippen LogP contribution < -0.4 is 14.5 Å². The Morgan fingerprint density at radius 2 is 1.42 bits per heavy atom. The highest BCUT2D eigenvalue weighted by atomic mass is 16.5. The molecule has 4 aromatic rings. The topological polar surface area (TPSA) is 70.1 Å². The van der Waals surface area contributed by atoms with Crippen molar-refractivity contribution in [2.24, 2.45) is 0 Å². The Bertz CT molecular complexity index is 1430. The molecule has 6 rings (SSSR count). The van der Waals surface area contributed by atoms with E-state index in [4.69, 9.17) is 4.74 Å². The number of ether oxygens (including phenoxy) is 1. The molecular weight excluding hydrogens is 452 g/mol. The van der Waals surface area contributed by atoms with Crippen LogP contribution in [0.3, 0.4) is 0 Å². The van der Waals surface area contributed by atoms with E-state index in [-0.39, 0.29) is 30.2 Å². The van der Waals surface area contributed by atoms with Crippen LogP contribution in [0.25, 0.3) is 0 Å². The van der Waals surface area contributed by atoms with E-state index in [1.165, 1.54) is 11.0 Å². The summed E-state index contributed by atoms with van der Waals surface area (Å²) in [5.74, 6) is -0.629. The van der Waals surface area contributed by atoms with E-state index in [0.29, 0.717) is 17.0 Å². The average molecular weight is 477 g/mol. The van der Waals surface area contributed by atoms with Gasteiger partial charge < -0.3 is 14.7 Å². The summed E-state index contributed by atoms with van der Waals surface area (Å²) in [5, 5.41) is 11.1. The summed E-state index contributed by atoms with van der Waals surface area (Å²) in [4.78, 5) is 29.7. The Morgan fingerprint density at radius 3 is 2.08 bits per heavy atom. The zero-order valence-corrected chi connectivity index (χ0v) is 19.7. The fraction of sp³-hybridized carbons (Fsp3) is 0.133. The maximum atomic E-state index is 14.3. The van der Waals surface area contributed by atoms with E-state index in [1.54, 1.807) is 13.1 Å². The molecule has 36 heavy (non-hydrogen) atoms. The van der Waals surface area contributed by atoms with E-state index >= 15 is 0 Å². The largest absolute Gasteiger partial charge is 0.508 e. The molecule has 178 valence electrons. The standard InChI is InChI=1S/C30H24N2O4/c1-31-24-17-25(33)22(16-26(24)36-18-27(31)34)28-21-14-8-9-15-23(21)32(30(28)35)29(19-10-4-2-5-11-19)20-12-6-3-7-13-20/h2-17,28-29,33H,18H2,1H3. The van der Waals surface area contributed by atoms with Gasteiger partial charge in [-0.15, -0.1) is 0 Å². The molecule has 2 aliphatic heterocycles. The lowest BCUT2D eigenvalue weighted by Gasteiger charge is -2.30. The maximum absolute atomic E-state index is 14.3. The summed E-state index contributed by atoms with van der Waals surface area (Å²) in [5.41, 5.74) is 4.53. The first-order valence-electron chi connectivity index (χ1n) is 11.8. The van der Waals surface area contributed by atoms with Gasteiger partial charge in [0.25, 0.3) is 5.91 Å². The normalized spacial score (nSPS) is 16.7. The number of phenols is 1. The quantitative estimate of drug-likeness (QED) is 0.449. The molecule has 2 aliphatic rings. The lowest BCUT2D eigenvalue weighted by atomic mass is 9.91. The van der Waals surface area contributed by atoms with Gasteiger partial charge in [0, 0.05) is 24.4 Å². The summed E-state index contributed by atoms with van der Waals surface area (Å²) < 4.78 is 5.67. The number of phenolic OH excluding ortho intramolecular Hbond substituents is 1. The summed E-state index contributed by atoms with van der Waals surface area (Å²) in [6, 6.07) is 30.5. The van der Waals surface area contributed by atoms with E-state index in [1.807, 2.05) is 89.8 Å². The van der Waals surface area contributed by atoms with Crippen LogP contribution in [0.15, 0.2) is 97.1 Å². The molecule has 0 radical (unpaired) electrons. The Kier molecular flexibility index (Phi) is 5.22. The first kappa shape index (κ1) is 21.9. The highest BCUT2D eigenvalue weighted by Crippen LogP contribution is 2.50. The Labute approximate surface area is 209 Å². The molecule has 1 atom stereocenters. The van der Waals surface area contributed by atoms with Crippen LogP contribution in [0.4, 0.5) is 11.4 Å². The van der Waals surface area contributed by atoms with Crippen molar-refractivity contribution in [1.29, 1.82) is 0 Å². The Balaban J connectivity index is 1.51. The van der Waals surface area contributed by atoms with Crippen LogP contribution in [-0.4, -0.2) is 30.6 Å². The van der Waals surface area contributed by atoms with Crippen molar-refractivity contribution in [3.8, 4) is 11.5 Å². The molecule has 6 nitrogen and oxygen atoms in total. The molecule has 0 aromatic heterocycles. The maximum Gasteiger partial charge on any atom is 0.264 e. The average Bonchev–Trinajstić information content (AvgIpc) is 3.19. The van der Waals surface area contributed by atoms with Crippen molar-refractivity contribution in [1.82, 2.24) is 0 Å². The van der Waals surface area contributed by atoms with Crippen molar-refractivity contribution >= 4 is 23.2 Å². The minimum atomic E-state index is -0.715. The zero-order valence-electron chi connectivity index (χ0n) is 19.7. The minimum absolute atomic E-state index is 0.0510. The number of para-hydroxylation sites is 1. The number of rotatable bonds is 4. The van der Waals surface area contributed by atoms with Gasteiger partial charge in [-0.25, -0.2) is 0 Å². The number of likely N-dealkylation sites (N-methyl/N-ethyl adjacent to an activating group) is 1. The number of fused-ring (bicyclic) bond motifs is 2. The number of nitrogens with zero attached hydrogens (tertiary/aromatic N) is 2. The van der Waals surface area contributed by atoms with Gasteiger partial charge in [-0.05, 0) is 28.8 Å². The Morgan fingerprint density at radius 1 is 0.806 bits per heavy atom. The van der Waals surface area contributed by atoms with Gasteiger partial charge in [0.05, 0.1) is 17.6 Å². The van der Waals surface area contributed by atoms with Crippen LogP contribution in [0.5, 0.6) is 11.5 Å². The molecule has 0 aliphatic carbocycles. The van der Waals surface area contributed by atoms with E-state index in [0.717, 1.165) is 22.4 Å². The van der Waals surface area contributed by atoms with Crippen LogP contribution >= 0.6 is 0 Å². The first-order chi connectivity index (χ1) is 17.5. The smallest absolute Gasteiger partial charge is 0.264 e. The minimum Gasteiger partial charge on any atom is -0.508 e. The summed E-state index contributed by atoms with van der Waals surface area (Å²) in [6.45, 7) is -0.0842. The van der Waals surface area contributed by atoms with Gasteiger partial charge in [0.2, 0.25) is 5.91 Å². The predicted octanol–water partition coefficient (Wildman–Crippen LogP) is 5.02. The van der Waals surface area contributed by atoms with E-state index < -0.39 is 5.92 Å². The van der Waals surface area contributed by atoms with E-state index in [9.17, 15) is 14.7 Å². The number of amides is 2. The lowest BCUT2D eigenvalue weighted by Crippen LogP contribution is -2.36. The van der Waals surface area contributed by atoms with Gasteiger partial charge in [-0.3, -0.25) is 14.5 Å². The van der Waals surface area contributed by atoms with Gasteiger partial charge in [0.15, 0.2) is 6.61 Å². The predicted molar refractivity (Wildman–Crippen MR) is 138 cm³/mol. The van der Waals surface area contributed by atoms with Gasteiger partial charge >= 0.3 is 0 Å². The van der Waals surface area contributed by atoms with Gasteiger partial charge in [-0.1, -0.05) is 78.9 Å². The molecule has 0 spiro atoms. The molecule has 6 heteroatoms. The van der Waals surface area contributed by atoms with Crippen LogP contribution in [0, 0.1) is 0 Å². The van der Waals surface area contributed by atoms with Crippen LogP contribution in [-0.2, 0) is 9.59 Å². The molecule has 2 heterocycles. The second-order valence-electron chi connectivity index (χ2n) is 9.04. The SMILES string of the molecule is CN1C(=O)COc2cc(C3C(=O)N(C(c4ccccc4)c4ccccc4)c4ccccc43)c(O)cc21. The molecule has 2 amide bonds. The second-order valence-corrected chi connectivity index (χ2v) is 9.04. The highest BCUT2D eigenvalue weighted by molar-refractivity contribution is 6.08. The number of aromatic hydroxyl groups is 1. The fourth-order valence-corrected chi connectivity index (χ4v) is 5.22. The number of hydrogen-bond donors (Lipinski definition) is 1. The fourth-order valence-electron chi connectivity index (χ4n) is 5.22. The second kappa shape index (κ2) is 8.57. The van der Waals surface area contributed by atoms with Crippen molar-refractivity contribution in [2.45, 2.75) is 12.0 Å². The van der Waals surface area contributed by atoms with Crippen molar-refractivity contribution < 1.29 is 19.4 Å². The number of carbonyl (C=O) groups excluding carboxylic acids is 2. The third-order valence-electron chi connectivity index (χ3n) is 6.99. The molecule has 0 saturated heterocycles. The van der Waals surface area contributed by atoms with Crippen molar-refractivity contribution in [2.75, 3.05) is 23.5 Å². The molecule has 1 N–H and O–H groups in total. The Hall–Kier alpha value is -4.58. The monoisotopic (exact) mass is 476 g/mol. The van der Waals surface area contributed by atoms with Crippen molar-refractivity contribution in [3.05, 3.63) is 119 Å². The third kappa shape index (κ3) is 3.41. The van der Waals surface area contributed by atoms with E-state index in [2.05, 4.69) is 0 Å². The molecule has 4 aromatic carbocycles. The number of carbonyl (C=O) groups is 2. The molecular formula is C30H24N2O4. The molecule has 0 fully saturated rings. The number of anilines is 2. The summed E-state index contributed by atoms with van der Waals surface area (Å²) >= 11 is 0. The molecule has 1 unspecified atom stereocenters. The lowest BCUT2D eigenvalue weighted by molar-refractivity contribution is -0.121. The molecule has 0 saturated carbocycles. The summed E-state index contributed by atoms with van der Waals surface area (Å²) in [6.07, 6.45) is 0. The van der Waals surface area contributed by atoms with Gasteiger partial charge in [-0.2, -0.15) is 0 Å². The summed E-state index contributed by atoms with van der Waals surface area (Å²) in [7, 11) is 1.64. The molecule has 0 bridgehead atoms. The van der Waals surface area contributed by atoms with Crippen LogP contribution in [0.2, 0.25) is 0 Å². The van der Waals surface area contributed by atoms with Crippen molar-refractivity contribution in [3.63, 3.8) is 0 Å².